The molecule has 0 spiro atoms. The van der Waals surface area contributed by atoms with Crippen molar-refractivity contribution in [2.75, 3.05) is 0 Å². The minimum atomic E-state index is -0.826. The van der Waals surface area contributed by atoms with Gasteiger partial charge in [-0.2, -0.15) is 0 Å². The Balaban J connectivity index is 0.000000452. The Morgan fingerprint density at radius 3 is 2.60 bits per heavy atom. The van der Waals surface area contributed by atoms with Crippen molar-refractivity contribution in [1.29, 1.82) is 0 Å². The van der Waals surface area contributed by atoms with E-state index in [1.54, 1.807) is 0 Å². The second-order valence-corrected chi connectivity index (χ2v) is 9.34. The van der Waals surface area contributed by atoms with Crippen LogP contribution in [0.25, 0.3) is 0 Å². The van der Waals surface area contributed by atoms with Crippen molar-refractivity contribution >= 4 is 23.2 Å². The molecule has 0 amide bonds. The number of para-hydroxylation sites is 1. The number of hydrogen-bond donors (Lipinski definition) is 1. The first-order chi connectivity index (χ1) is 9.65. The van der Waals surface area contributed by atoms with Gasteiger partial charge in [0.05, 0.1) is 6.04 Å². The van der Waals surface area contributed by atoms with Gasteiger partial charge in [0.2, 0.25) is 0 Å². The second-order valence-electron chi connectivity index (χ2n) is 5.60. The molecule has 0 aromatic heterocycles. The first kappa shape index (κ1) is 16.5. The SMILES string of the molecule is Cc1cccc(C=NC2CCC3CC2C3)c1O.[Cl][Zr][Cl]. The van der Waals surface area contributed by atoms with Gasteiger partial charge < -0.3 is 5.11 Å². The Morgan fingerprint density at radius 2 is 2.00 bits per heavy atom. The van der Waals surface area contributed by atoms with E-state index in [-0.39, 0.29) is 0 Å². The van der Waals surface area contributed by atoms with E-state index < -0.39 is 20.8 Å². The molecule has 4 rings (SSSR count). The zero-order chi connectivity index (χ0) is 14.5. The van der Waals surface area contributed by atoms with Gasteiger partial charge in [-0.1, -0.05) is 12.1 Å². The summed E-state index contributed by atoms with van der Waals surface area (Å²) in [6.07, 6.45) is 7.20. The molecule has 2 nitrogen and oxygen atoms in total. The van der Waals surface area contributed by atoms with E-state index in [0.29, 0.717) is 11.8 Å². The summed E-state index contributed by atoms with van der Waals surface area (Å²) in [6, 6.07) is 6.32. The third-order valence-electron chi connectivity index (χ3n) is 4.36. The van der Waals surface area contributed by atoms with E-state index in [4.69, 9.17) is 17.0 Å². The molecule has 5 heteroatoms. The molecular weight excluding hydrogens is 372 g/mol. The summed E-state index contributed by atoms with van der Waals surface area (Å²) in [7, 11) is 9.87. The summed E-state index contributed by atoms with van der Waals surface area (Å²) < 4.78 is 0. The van der Waals surface area contributed by atoms with E-state index in [0.717, 1.165) is 23.0 Å². The van der Waals surface area contributed by atoms with Gasteiger partial charge in [0.1, 0.15) is 5.75 Å². The summed E-state index contributed by atoms with van der Waals surface area (Å²) in [5.41, 5.74) is 1.77. The fraction of sp³-hybridized carbons (Fsp3) is 0.533. The molecule has 1 aromatic carbocycles. The van der Waals surface area contributed by atoms with Crippen LogP contribution in [0.5, 0.6) is 5.75 Å². The van der Waals surface area contributed by atoms with E-state index in [2.05, 4.69) is 4.99 Å². The van der Waals surface area contributed by atoms with E-state index in [1.807, 2.05) is 31.3 Å². The van der Waals surface area contributed by atoms with Gasteiger partial charge >= 0.3 is 37.9 Å². The molecule has 0 heterocycles. The van der Waals surface area contributed by atoms with Crippen LogP contribution in [0.2, 0.25) is 0 Å². The number of phenols is 1. The number of hydrogen-bond acceptors (Lipinski definition) is 2. The third kappa shape index (κ3) is 4.09. The van der Waals surface area contributed by atoms with Crippen LogP contribution >= 0.6 is 17.0 Å². The number of nitrogens with zero attached hydrogens (tertiary/aromatic N) is 1. The van der Waals surface area contributed by atoms with Crippen LogP contribution in [0.1, 0.15) is 36.8 Å². The van der Waals surface area contributed by atoms with Gasteiger partial charge in [-0.25, -0.2) is 0 Å². The topological polar surface area (TPSA) is 32.6 Å². The predicted molar refractivity (Wildman–Crippen MR) is 81.4 cm³/mol. The molecule has 1 aromatic rings. The van der Waals surface area contributed by atoms with Gasteiger partial charge in [-0.15, -0.1) is 0 Å². The number of aromatic hydroxyl groups is 1. The normalized spacial score (nSPS) is 27.4. The predicted octanol–water partition coefficient (Wildman–Crippen LogP) is 4.68. The average Bonchev–Trinajstić information content (AvgIpc) is 2.41. The molecule has 1 atom stereocenters. The Labute approximate surface area is 139 Å². The van der Waals surface area contributed by atoms with Crippen molar-refractivity contribution in [3.63, 3.8) is 0 Å². The van der Waals surface area contributed by atoms with Crippen LogP contribution in [0.3, 0.4) is 0 Å². The molecule has 0 saturated heterocycles. The van der Waals surface area contributed by atoms with Gasteiger partial charge in [0.15, 0.2) is 0 Å². The molecule has 3 aliphatic carbocycles. The van der Waals surface area contributed by atoms with Crippen LogP contribution < -0.4 is 0 Å². The zero-order valence-corrected chi connectivity index (χ0v) is 15.5. The fourth-order valence-corrected chi connectivity index (χ4v) is 3.14. The van der Waals surface area contributed by atoms with Crippen LogP contribution in [0, 0.1) is 18.8 Å². The number of benzene rings is 1. The number of fused-ring (bicyclic) bond motifs is 2. The molecule has 20 heavy (non-hydrogen) atoms. The number of aryl methyl sites for hydroxylation is 1. The van der Waals surface area contributed by atoms with Gasteiger partial charge in [0, 0.05) is 11.8 Å². The summed E-state index contributed by atoms with van der Waals surface area (Å²) in [6.45, 7) is 1.92. The van der Waals surface area contributed by atoms with E-state index >= 15 is 0 Å². The summed E-state index contributed by atoms with van der Waals surface area (Å²) in [4.78, 5) is 4.69. The van der Waals surface area contributed by atoms with Crippen molar-refractivity contribution < 1.29 is 26.0 Å². The third-order valence-corrected chi connectivity index (χ3v) is 4.36. The zero-order valence-electron chi connectivity index (χ0n) is 11.5. The molecule has 0 radical (unpaired) electrons. The average molecular weight is 391 g/mol. The maximum atomic E-state index is 9.91. The molecule has 0 aliphatic heterocycles. The van der Waals surface area contributed by atoms with Crippen LogP contribution in [-0.4, -0.2) is 17.4 Å². The van der Waals surface area contributed by atoms with Crippen LogP contribution in [0.15, 0.2) is 23.2 Å². The molecule has 3 fully saturated rings. The number of halogens is 2. The molecule has 3 saturated carbocycles. The molecule has 2 bridgehead atoms. The monoisotopic (exact) mass is 389 g/mol. The maximum absolute atomic E-state index is 9.91. The number of phenolic OH excluding ortho intramolecular Hbond substituents is 1. The van der Waals surface area contributed by atoms with Gasteiger partial charge in [0.25, 0.3) is 0 Å². The first-order valence-electron chi connectivity index (χ1n) is 6.93. The first-order valence-corrected chi connectivity index (χ1v) is 13.3. The molecule has 1 unspecified atom stereocenters. The molecule has 3 aliphatic rings. The standard InChI is InChI=1S/C15H19NO.2ClH.Zr/c1-10-3-2-4-12(15(10)17)9-16-14-6-5-11-7-13(14)8-11;;;/h2-4,9,11,13-14,17H,5-8H2,1H3;2*1H;/q;;;+2/p-2. The number of rotatable bonds is 2. The summed E-state index contributed by atoms with van der Waals surface area (Å²) in [5, 5.41) is 9.91. The van der Waals surface area contributed by atoms with Crippen LogP contribution in [-0.2, 0) is 20.8 Å². The Kier molecular flexibility index (Phi) is 6.58. The molecule has 108 valence electrons. The van der Waals surface area contributed by atoms with Gasteiger partial charge in [-0.05, 0) is 56.1 Å². The van der Waals surface area contributed by atoms with Crippen molar-refractivity contribution in [2.45, 2.75) is 38.6 Å². The van der Waals surface area contributed by atoms with Crippen molar-refractivity contribution in [3.05, 3.63) is 29.3 Å². The van der Waals surface area contributed by atoms with Gasteiger partial charge in [-0.3, -0.25) is 4.99 Å². The summed E-state index contributed by atoms with van der Waals surface area (Å²) in [5.74, 6) is 2.19. The van der Waals surface area contributed by atoms with Crippen molar-refractivity contribution in [3.8, 4) is 5.75 Å². The van der Waals surface area contributed by atoms with E-state index in [9.17, 15) is 5.11 Å². The number of aliphatic imine (C=N–C) groups is 1. The molecular formula is C15H19Cl2NOZr. The Bertz CT molecular complexity index is 472. The van der Waals surface area contributed by atoms with Crippen LogP contribution in [0.4, 0.5) is 0 Å². The summed E-state index contributed by atoms with van der Waals surface area (Å²) >= 11 is -0.826. The molecule has 1 N–H and O–H groups in total. The Morgan fingerprint density at radius 1 is 1.30 bits per heavy atom. The van der Waals surface area contributed by atoms with Crippen molar-refractivity contribution in [2.24, 2.45) is 16.8 Å². The quantitative estimate of drug-likeness (QED) is 0.730. The minimum absolute atomic E-state index is 0.374. The fourth-order valence-electron chi connectivity index (χ4n) is 3.14. The Hall–Kier alpha value is 0.153. The van der Waals surface area contributed by atoms with Crippen molar-refractivity contribution in [1.82, 2.24) is 0 Å². The second kappa shape index (κ2) is 7.96. The van der Waals surface area contributed by atoms with E-state index in [1.165, 1.54) is 25.7 Å².